The van der Waals surface area contributed by atoms with Crippen molar-refractivity contribution in [2.24, 2.45) is 0 Å². The zero-order chi connectivity index (χ0) is 20.4. The molecule has 2 heterocycles. The van der Waals surface area contributed by atoms with Crippen molar-refractivity contribution in [1.82, 2.24) is 14.9 Å². The summed E-state index contributed by atoms with van der Waals surface area (Å²) in [5.74, 6) is -0.217. The van der Waals surface area contributed by atoms with Gasteiger partial charge in [0.25, 0.3) is 5.91 Å². The van der Waals surface area contributed by atoms with Crippen molar-refractivity contribution in [3.8, 4) is 11.3 Å². The average Bonchev–Trinajstić information content (AvgIpc) is 2.95. The van der Waals surface area contributed by atoms with Crippen LogP contribution in [0.4, 0.5) is 5.95 Å². The van der Waals surface area contributed by atoms with Gasteiger partial charge in [0.2, 0.25) is 5.95 Å². The summed E-state index contributed by atoms with van der Waals surface area (Å²) in [7, 11) is 0. The predicted octanol–water partition coefficient (Wildman–Crippen LogP) is 3.19. The van der Waals surface area contributed by atoms with Gasteiger partial charge in [-0.15, -0.1) is 0 Å². The first-order valence-electron chi connectivity index (χ1n) is 8.42. The number of hydrogen-bond acceptors (Lipinski definition) is 7. The van der Waals surface area contributed by atoms with E-state index in [2.05, 4.69) is 15.3 Å². The molecule has 0 saturated heterocycles. The molecule has 0 atom stereocenters. The second-order valence-electron chi connectivity index (χ2n) is 6.39. The van der Waals surface area contributed by atoms with Crippen molar-refractivity contribution >= 4 is 35.5 Å². The topological polar surface area (TPSA) is 119 Å². The number of ketones is 1. The number of hydrogen-bond donors (Lipinski definition) is 3. The van der Waals surface area contributed by atoms with Gasteiger partial charge >= 0.3 is 0 Å². The van der Waals surface area contributed by atoms with Crippen LogP contribution in [-0.4, -0.2) is 44.4 Å². The van der Waals surface area contributed by atoms with Gasteiger partial charge in [-0.25, -0.2) is 9.97 Å². The Labute approximate surface area is 166 Å². The minimum atomic E-state index is -0.208. The molecule has 1 aliphatic rings. The number of aliphatic hydroxyl groups excluding tert-OH is 1. The third-order valence-electron chi connectivity index (χ3n) is 4.20. The van der Waals surface area contributed by atoms with E-state index in [4.69, 9.17) is 17.0 Å². The summed E-state index contributed by atoms with van der Waals surface area (Å²) in [5, 5.41) is 19.9. The molecule has 0 spiro atoms. The van der Waals surface area contributed by atoms with Crippen LogP contribution in [0.25, 0.3) is 11.3 Å². The second-order valence-corrected chi connectivity index (χ2v) is 6.80. The number of carbonyl (C=O) groups is 2. The van der Waals surface area contributed by atoms with E-state index >= 15 is 0 Å². The maximum Gasteiger partial charge on any atom is 0.254 e. The smallest absolute Gasteiger partial charge is 0.254 e. The van der Waals surface area contributed by atoms with Gasteiger partial charge < -0.3 is 20.7 Å². The number of nitrogens with one attached hydrogen (secondary N) is 2. The predicted molar refractivity (Wildman–Crippen MR) is 106 cm³/mol. The first-order valence-corrected chi connectivity index (χ1v) is 8.80. The molecule has 1 aromatic heterocycles. The van der Waals surface area contributed by atoms with E-state index in [1.54, 1.807) is 12.1 Å². The standard InChI is InChI=1S/C19H18ClN5O3/c1-10(26)8-25-9-13-4-3-12(5-14(13)18(25)28)17-15(20)7-22-19(24-17)23-16(6-21)11(2)27/h3-7,21,27H,8-9H2,1-2H3,(H,22,23,24)/b16-11+,21-6?. The maximum absolute atomic E-state index is 12.6. The number of aliphatic hydroxyl groups is 1. The highest BCUT2D eigenvalue weighted by molar-refractivity contribution is 6.33. The minimum Gasteiger partial charge on any atom is -0.510 e. The van der Waals surface area contributed by atoms with E-state index < -0.39 is 0 Å². The largest absolute Gasteiger partial charge is 0.510 e. The lowest BCUT2D eigenvalue weighted by molar-refractivity contribution is -0.117. The maximum atomic E-state index is 12.6. The number of fused-ring (bicyclic) bond motifs is 1. The first-order chi connectivity index (χ1) is 13.3. The van der Waals surface area contributed by atoms with Crippen LogP contribution in [0.2, 0.25) is 5.02 Å². The lowest BCUT2D eigenvalue weighted by Gasteiger charge is -2.12. The normalized spacial score (nSPS) is 13.8. The molecule has 1 aromatic carbocycles. The van der Waals surface area contributed by atoms with Crippen molar-refractivity contribution in [3.63, 3.8) is 0 Å². The Morgan fingerprint density at radius 2 is 2.18 bits per heavy atom. The lowest BCUT2D eigenvalue weighted by Crippen LogP contribution is -2.28. The monoisotopic (exact) mass is 399 g/mol. The first kappa shape index (κ1) is 19.5. The number of rotatable bonds is 6. The fourth-order valence-electron chi connectivity index (χ4n) is 2.89. The summed E-state index contributed by atoms with van der Waals surface area (Å²) >= 11 is 6.25. The van der Waals surface area contributed by atoms with Gasteiger partial charge in [0.15, 0.2) is 0 Å². The van der Waals surface area contributed by atoms with Crippen LogP contribution in [0.3, 0.4) is 0 Å². The Bertz CT molecular complexity index is 1010. The SMILES string of the molecule is CC(=O)CN1Cc2ccc(-c3nc(N/C(C=N)=C(\C)O)ncc3Cl)cc2C1=O. The van der Waals surface area contributed by atoms with Crippen LogP contribution < -0.4 is 5.32 Å². The van der Waals surface area contributed by atoms with Crippen molar-refractivity contribution in [2.75, 3.05) is 11.9 Å². The summed E-state index contributed by atoms with van der Waals surface area (Å²) in [6, 6.07) is 5.31. The van der Waals surface area contributed by atoms with E-state index in [0.717, 1.165) is 11.8 Å². The van der Waals surface area contributed by atoms with Crippen molar-refractivity contribution in [1.29, 1.82) is 5.41 Å². The Balaban J connectivity index is 1.96. The Kier molecular flexibility index (Phi) is 5.41. The fraction of sp³-hybridized carbons (Fsp3) is 0.211. The highest BCUT2D eigenvalue weighted by atomic mass is 35.5. The van der Waals surface area contributed by atoms with Crippen LogP contribution in [0.15, 0.2) is 35.9 Å². The summed E-state index contributed by atoms with van der Waals surface area (Å²) < 4.78 is 0. The van der Waals surface area contributed by atoms with E-state index in [1.165, 1.54) is 24.9 Å². The van der Waals surface area contributed by atoms with E-state index in [-0.39, 0.29) is 40.7 Å². The molecule has 28 heavy (non-hydrogen) atoms. The van der Waals surface area contributed by atoms with Crippen LogP contribution in [0.1, 0.15) is 29.8 Å². The fourth-order valence-corrected chi connectivity index (χ4v) is 3.09. The average molecular weight is 400 g/mol. The Morgan fingerprint density at radius 3 is 2.82 bits per heavy atom. The third-order valence-corrected chi connectivity index (χ3v) is 4.48. The molecule has 0 saturated carbocycles. The number of carbonyl (C=O) groups excluding carboxylic acids is 2. The van der Waals surface area contributed by atoms with Gasteiger partial charge in [-0.2, -0.15) is 0 Å². The Morgan fingerprint density at radius 1 is 1.43 bits per heavy atom. The summed E-state index contributed by atoms with van der Waals surface area (Å²) in [6.45, 7) is 3.34. The number of anilines is 1. The highest BCUT2D eigenvalue weighted by Crippen LogP contribution is 2.31. The molecule has 3 N–H and O–H groups in total. The molecule has 144 valence electrons. The second kappa shape index (κ2) is 7.77. The quantitative estimate of drug-likeness (QED) is 0.507. The molecular weight excluding hydrogens is 382 g/mol. The summed E-state index contributed by atoms with van der Waals surface area (Å²) in [5.41, 5.74) is 2.52. The zero-order valence-electron chi connectivity index (χ0n) is 15.3. The number of benzene rings is 1. The lowest BCUT2D eigenvalue weighted by atomic mass is 10.0. The zero-order valence-corrected chi connectivity index (χ0v) is 16.0. The van der Waals surface area contributed by atoms with Crippen molar-refractivity contribution < 1.29 is 14.7 Å². The number of allylic oxidation sites excluding steroid dienone is 2. The van der Waals surface area contributed by atoms with Gasteiger partial charge in [0.05, 0.1) is 29.2 Å². The molecule has 0 radical (unpaired) electrons. The van der Waals surface area contributed by atoms with Crippen molar-refractivity contribution in [2.45, 2.75) is 20.4 Å². The van der Waals surface area contributed by atoms with Crippen molar-refractivity contribution in [3.05, 3.63) is 52.0 Å². The van der Waals surface area contributed by atoms with Gasteiger partial charge in [0.1, 0.15) is 11.5 Å². The third kappa shape index (κ3) is 3.86. The molecular formula is C19H18ClN5O3. The number of Topliss-reactive ketones (excluding diaryl/α,β-unsaturated/α-hetero) is 1. The van der Waals surface area contributed by atoms with Gasteiger partial charge in [0, 0.05) is 23.9 Å². The molecule has 0 unspecified atom stereocenters. The number of nitrogens with zero attached hydrogens (tertiary/aromatic N) is 3. The molecule has 0 bridgehead atoms. The van der Waals surface area contributed by atoms with Gasteiger partial charge in [-0.05, 0) is 25.5 Å². The highest BCUT2D eigenvalue weighted by Gasteiger charge is 2.28. The van der Waals surface area contributed by atoms with Gasteiger partial charge in [-0.3, -0.25) is 9.59 Å². The molecule has 1 aliphatic heterocycles. The van der Waals surface area contributed by atoms with Crippen LogP contribution in [-0.2, 0) is 11.3 Å². The molecule has 9 heteroatoms. The Hall–Kier alpha value is -3.26. The molecule has 0 fully saturated rings. The molecule has 2 aromatic rings. The van der Waals surface area contributed by atoms with E-state index in [0.29, 0.717) is 23.4 Å². The van der Waals surface area contributed by atoms with Crippen LogP contribution in [0.5, 0.6) is 0 Å². The molecule has 0 aliphatic carbocycles. The number of aromatic nitrogens is 2. The van der Waals surface area contributed by atoms with E-state index in [9.17, 15) is 14.7 Å². The summed E-state index contributed by atoms with van der Waals surface area (Å²) in [6.07, 6.45) is 2.35. The molecule has 8 nitrogen and oxygen atoms in total. The summed E-state index contributed by atoms with van der Waals surface area (Å²) in [4.78, 5) is 33.8. The number of halogens is 1. The molecule has 3 rings (SSSR count). The minimum absolute atomic E-state index is 0.0738. The van der Waals surface area contributed by atoms with Gasteiger partial charge in [-0.1, -0.05) is 23.7 Å². The van der Waals surface area contributed by atoms with E-state index in [1.807, 2.05) is 6.07 Å². The molecule has 1 amide bonds. The van der Waals surface area contributed by atoms with Crippen LogP contribution >= 0.6 is 11.6 Å². The van der Waals surface area contributed by atoms with Crippen LogP contribution in [0, 0.1) is 5.41 Å². The number of amides is 1.